The van der Waals surface area contributed by atoms with E-state index < -0.39 is 0 Å². The van der Waals surface area contributed by atoms with Crippen molar-refractivity contribution < 1.29 is 0 Å². The van der Waals surface area contributed by atoms with E-state index in [0.29, 0.717) is 12.3 Å². The van der Waals surface area contributed by atoms with Gasteiger partial charge in [0.15, 0.2) is 0 Å². The van der Waals surface area contributed by atoms with E-state index in [1.54, 1.807) is 0 Å². The van der Waals surface area contributed by atoms with E-state index in [1.807, 2.05) is 0 Å². The first-order valence-corrected chi connectivity index (χ1v) is 2.97. The zero-order chi connectivity index (χ0) is 5.98. The summed E-state index contributed by atoms with van der Waals surface area (Å²) in [6, 6.07) is 2.23. The molecule has 0 heterocycles. The zero-order valence-corrected chi connectivity index (χ0v) is 4.80. The molecule has 0 aromatic rings. The number of nitrogens with two attached hydrogens (primary N) is 1. The van der Waals surface area contributed by atoms with E-state index in [9.17, 15) is 0 Å². The van der Waals surface area contributed by atoms with Gasteiger partial charge in [-0.3, -0.25) is 0 Å². The van der Waals surface area contributed by atoms with Gasteiger partial charge in [-0.05, 0) is 18.8 Å². The Hall–Kier alpha value is -0.550. The molecule has 44 valence electrons. The van der Waals surface area contributed by atoms with Crippen LogP contribution in [-0.2, 0) is 0 Å². The van der Waals surface area contributed by atoms with Gasteiger partial charge in [0.2, 0.25) is 0 Å². The van der Waals surface area contributed by atoms with Gasteiger partial charge in [-0.1, -0.05) is 0 Å². The van der Waals surface area contributed by atoms with Gasteiger partial charge in [0.25, 0.3) is 0 Å². The molecule has 0 aromatic heterocycles. The van der Waals surface area contributed by atoms with E-state index in [2.05, 4.69) is 6.07 Å². The lowest BCUT2D eigenvalue weighted by molar-refractivity contribution is 0.607. The van der Waals surface area contributed by atoms with Crippen LogP contribution in [0.1, 0.15) is 19.3 Å². The lowest BCUT2D eigenvalue weighted by Gasteiger charge is -2.00. The highest BCUT2D eigenvalue weighted by atomic mass is 14.7. The highest BCUT2D eigenvalue weighted by molar-refractivity contribution is 4.89. The third-order valence-corrected chi connectivity index (χ3v) is 1.55. The fourth-order valence-corrected chi connectivity index (χ4v) is 0.796. The summed E-state index contributed by atoms with van der Waals surface area (Å²) in [7, 11) is 0. The summed E-state index contributed by atoms with van der Waals surface area (Å²) in [4.78, 5) is 0. The normalized spacial score (nSPS) is 22.0. The van der Waals surface area contributed by atoms with Crippen LogP contribution in [0.25, 0.3) is 0 Å². The summed E-state index contributed by atoms with van der Waals surface area (Å²) in [5.74, 6) is 0.676. The second-order valence-electron chi connectivity index (χ2n) is 2.36. The Labute approximate surface area is 49.3 Å². The molecule has 0 aromatic carbocycles. The average Bonchev–Trinajstić information content (AvgIpc) is 2.45. The van der Waals surface area contributed by atoms with Gasteiger partial charge in [0, 0.05) is 6.04 Å². The molecule has 0 aliphatic heterocycles. The molecule has 1 rings (SSSR count). The Kier molecular flexibility index (Phi) is 1.50. The summed E-state index contributed by atoms with van der Waals surface area (Å²) < 4.78 is 0. The molecule has 0 bridgehead atoms. The molecule has 2 nitrogen and oxygen atoms in total. The van der Waals surface area contributed by atoms with Crippen LogP contribution in [0.5, 0.6) is 0 Å². The molecule has 8 heavy (non-hydrogen) atoms. The van der Waals surface area contributed by atoms with Crippen molar-refractivity contribution in [1.29, 1.82) is 5.26 Å². The summed E-state index contributed by atoms with van der Waals surface area (Å²) in [6.07, 6.45) is 3.01. The second kappa shape index (κ2) is 2.15. The molecular weight excluding hydrogens is 100 g/mol. The molecule has 0 radical (unpaired) electrons. The first-order valence-electron chi connectivity index (χ1n) is 2.97. The van der Waals surface area contributed by atoms with Crippen molar-refractivity contribution in [2.24, 2.45) is 11.7 Å². The van der Waals surface area contributed by atoms with Crippen LogP contribution in [0.4, 0.5) is 0 Å². The van der Waals surface area contributed by atoms with Crippen molar-refractivity contribution in [2.45, 2.75) is 25.3 Å². The molecule has 1 atom stereocenters. The van der Waals surface area contributed by atoms with Crippen molar-refractivity contribution in [3.05, 3.63) is 0 Å². The maximum Gasteiger partial charge on any atom is 0.0638 e. The predicted molar refractivity (Wildman–Crippen MR) is 30.9 cm³/mol. The van der Waals surface area contributed by atoms with Gasteiger partial charge in [-0.2, -0.15) is 5.26 Å². The van der Waals surface area contributed by atoms with Crippen LogP contribution in [0.2, 0.25) is 0 Å². The first kappa shape index (κ1) is 5.58. The molecule has 1 fully saturated rings. The molecule has 1 aliphatic rings. The largest absolute Gasteiger partial charge is 0.327 e. The minimum atomic E-state index is 0.167. The number of rotatable bonds is 2. The van der Waals surface area contributed by atoms with Crippen LogP contribution in [0.3, 0.4) is 0 Å². The summed E-state index contributed by atoms with van der Waals surface area (Å²) in [5.41, 5.74) is 5.57. The topological polar surface area (TPSA) is 49.8 Å². The van der Waals surface area contributed by atoms with Crippen LogP contribution in [0, 0.1) is 17.2 Å². The maximum atomic E-state index is 8.18. The predicted octanol–water partition coefficient (Wildman–Crippen LogP) is 0.637. The molecule has 1 unspecified atom stereocenters. The number of nitrogens with zero attached hydrogens (tertiary/aromatic N) is 1. The average molecular weight is 110 g/mol. The van der Waals surface area contributed by atoms with Crippen molar-refractivity contribution in [3.63, 3.8) is 0 Å². The zero-order valence-electron chi connectivity index (χ0n) is 4.80. The lowest BCUT2D eigenvalue weighted by Crippen LogP contribution is -2.20. The molecular formula is C6H10N2. The lowest BCUT2D eigenvalue weighted by atomic mass is 10.1. The number of hydrogen-bond acceptors (Lipinski definition) is 2. The Balaban J connectivity index is 2.15. The number of hydrogen-bond donors (Lipinski definition) is 1. The van der Waals surface area contributed by atoms with E-state index in [4.69, 9.17) is 11.0 Å². The Morgan fingerprint density at radius 2 is 2.38 bits per heavy atom. The SMILES string of the molecule is N#CCC(N)C1CC1. The van der Waals surface area contributed by atoms with Crippen molar-refractivity contribution >= 4 is 0 Å². The molecule has 1 aliphatic carbocycles. The Morgan fingerprint density at radius 3 is 2.75 bits per heavy atom. The van der Waals surface area contributed by atoms with E-state index in [-0.39, 0.29) is 6.04 Å². The van der Waals surface area contributed by atoms with Crippen LogP contribution >= 0.6 is 0 Å². The summed E-state index contributed by atoms with van der Waals surface area (Å²) in [5, 5.41) is 8.18. The van der Waals surface area contributed by atoms with E-state index in [1.165, 1.54) is 12.8 Å². The minimum absolute atomic E-state index is 0.167. The standard InChI is InChI=1S/C6H10N2/c7-4-3-6(8)5-1-2-5/h5-6H,1-3,8H2. The second-order valence-corrected chi connectivity index (χ2v) is 2.36. The molecule has 1 saturated carbocycles. The molecule has 2 heteroatoms. The van der Waals surface area contributed by atoms with Gasteiger partial charge in [-0.25, -0.2) is 0 Å². The smallest absolute Gasteiger partial charge is 0.0638 e. The Morgan fingerprint density at radius 1 is 1.75 bits per heavy atom. The van der Waals surface area contributed by atoms with Crippen LogP contribution in [-0.4, -0.2) is 6.04 Å². The maximum absolute atomic E-state index is 8.18. The highest BCUT2D eigenvalue weighted by Crippen LogP contribution is 2.32. The fraction of sp³-hybridized carbons (Fsp3) is 0.833. The van der Waals surface area contributed by atoms with Gasteiger partial charge in [0.1, 0.15) is 0 Å². The van der Waals surface area contributed by atoms with E-state index >= 15 is 0 Å². The van der Waals surface area contributed by atoms with Crippen molar-refractivity contribution in [3.8, 4) is 6.07 Å². The molecule has 2 N–H and O–H groups in total. The summed E-state index contributed by atoms with van der Waals surface area (Å²) >= 11 is 0. The molecule has 0 saturated heterocycles. The van der Waals surface area contributed by atoms with Gasteiger partial charge in [0.05, 0.1) is 12.5 Å². The van der Waals surface area contributed by atoms with E-state index in [0.717, 1.165) is 0 Å². The van der Waals surface area contributed by atoms with Crippen LogP contribution < -0.4 is 5.73 Å². The Bertz CT molecular complexity index is 110. The number of nitriles is 1. The van der Waals surface area contributed by atoms with Crippen molar-refractivity contribution in [2.75, 3.05) is 0 Å². The van der Waals surface area contributed by atoms with Gasteiger partial charge < -0.3 is 5.73 Å². The first-order chi connectivity index (χ1) is 3.84. The monoisotopic (exact) mass is 110 g/mol. The minimum Gasteiger partial charge on any atom is -0.327 e. The molecule has 0 amide bonds. The van der Waals surface area contributed by atoms with Gasteiger partial charge >= 0.3 is 0 Å². The third kappa shape index (κ3) is 1.21. The van der Waals surface area contributed by atoms with Crippen LogP contribution in [0.15, 0.2) is 0 Å². The quantitative estimate of drug-likeness (QED) is 0.567. The van der Waals surface area contributed by atoms with Gasteiger partial charge in [-0.15, -0.1) is 0 Å². The summed E-state index contributed by atoms with van der Waals surface area (Å²) in [6.45, 7) is 0. The highest BCUT2D eigenvalue weighted by Gasteiger charge is 2.27. The van der Waals surface area contributed by atoms with Crippen molar-refractivity contribution in [1.82, 2.24) is 0 Å². The molecule has 0 spiro atoms. The fourth-order valence-electron chi connectivity index (χ4n) is 0.796. The third-order valence-electron chi connectivity index (χ3n) is 1.55.